The molecule has 1 aromatic carbocycles. The van der Waals surface area contributed by atoms with Gasteiger partial charge in [0.05, 0.1) is 7.11 Å². The first-order valence-electron chi connectivity index (χ1n) is 5.39. The van der Waals surface area contributed by atoms with Crippen LogP contribution in [0.3, 0.4) is 0 Å². The third-order valence-electron chi connectivity index (χ3n) is 2.83. The number of methoxy groups -OCH3 is 1. The predicted octanol–water partition coefficient (Wildman–Crippen LogP) is 1.29. The molecule has 0 aromatic heterocycles. The van der Waals surface area contributed by atoms with Gasteiger partial charge in [-0.05, 0) is 24.6 Å². The Hall–Kier alpha value is -1.26. The van der Waals surface area contributed by atoms with E-state index in [1.807, 2.05) is 12.1 Å². The summed E-state index contributed by atoms with van der Waals surface area (Å²) in [4.78, 5) is 13.9. The van der Waals surface area contributed by atoms with Gasteiger partial charge in [-0.3, -0.25) is 4.79 Å². The molecule has 1 aliphatic rings. The Bertz CT molecular complexity index is 398. The van der Waals surface area contributed by atoms with Crippen molar-refractivity contribution in [3.63, 3.8) is 0 Å². The quantitative estimate of drug-likeness (QED) is 0.868. The van der Waals surface area contributed by atoms with Crippen molar-refractivity contribution in [3.8, 4) is 5.75 Å². The summed E-state index contributed by atoms with van der Waals surface area (Å²) in [5.41, 5.74) is 6.44. The van der Waals surface area contributed by atoms with Crippen LogP contribution >= 0.6 is 12.4 Å². The zero-order valence-corrected chi connectivity index (χ0v) is 10.6. The highest BCUT2D eigenvalue weighted by Crippen LogP contribution is 2.16. The summed E-state index contributed by atoms with van der Waals surface area (Å²) in [6.45, 7) is 1.40. The third-order valence-corrected chi connectivity index (χ3v) is 2.83. The maximum absolute atomic E-state index is 12.1. The number of nitrogens with two attached hydrogens (primary N) is 1. The van der Waals surface area contributed by atoms with E-state index in [0.29, 0.717) is 17.9 Å². The lowest BCUT2D eigenvalue weighted by atomic mass is 10.2. The second kappa shape index (κ2) is 5.89. The van der Waals surface area contributed by atoms with Crippen molar-refractivity contribution in [3.05, 3.63) is 29.8 Å². The summed E-state index contributed by atoms with van der Waals surface area (Å²) in [6.07, 6.45) is 0.885. The number of halogens is 1. The number of hydrogen-bond donors (Lipinski definition) is 1. The van der Waals surface area contributed by atoms with Crippen molar-refractivity contribution < 1.29 is 9.53 Å². The standard InChI is InChI=1S/C12H16N2O2.ClH/c1-16-11-4-2-3-9(7-11)12(15)14-6-5-10(13)8-14;/h2-4,7,10H,5-6,8,13H2,1H3;1H/t10-;/m1./s1. The van der Waals surface area contributed by atoms with Gasteiger partial charge in [-0.15, -0.1) is 12.4 Å². The second-order valence-electron chi connectivity index (χ2n) is 4.03. The van der Waals surface area contributed by atoms with Gasteiger partial charge in [0.25, 0.3) is 5.91 Å². The second-order valence-corrected chi connectivity index (χ2v) is 4.03. The Labute approximate surface area is 107 Å². The van der Waals surface area contributed by atoms with Crippen LogP contribution in [0.2, 0.25) is 0 Å². The van der Waals surface area contributed by atoms with E-state index in [2.05, 4.69) is 0 Å². The molecule has 0 unspecified atom stereocenters. The average molecular weight is 257 g/mol. The Morgan fingerprint density at radius 1 is 1.53 bits per heavy atom. The molecule has 1 aliphatic heterocycles. The maximum atomic E-state index is 12.1. The topological polar surface area (TPSA) is 55.6 Å². The van der Waals surface area contributed by atoms with Gasteiger partial charge in [0.15, 0.2) is 0 Å². The van der Waals surface area contributed by atoms with Crippen LogP contribution in [0.25, 0.3) is 0 Å². The van der Waals surface area contributed by atoms with Crippen molar-refractivity contribution in [1.29, 1.82) is 0 Å². The highest BCUT2D eigenvalue weighted by molar-refractivity contribution is 5.94. The van der Waals surface area contributed by atoms with Crippen LogP contribution in [0.15, 0.2) is 24.3 Å². The number of hydrogen-bond acceptors (Lipinski definition) is 3. The number of ether oxygens (including phenoxy) is 1. The smallest absolute Gasteiger partial charge is 0.254 e. The van der Waals surface area contributed by atoms with E-state index < -0.39 is 0 Å². The van der Waals surface area contributed by atoms with Gasteiger partial charge in [0.2, 0.25) is 0 Å². The van der Waals surface area contributed by atoms with Crippen LogP contribution in [0.4, 0.5) is 0 Å². The summed E-state index contributed by atoms with van der Waals surface area (Å²) in [6, 6.07) is 7.32. The molecule has 0 radical (unpaired) electrons. The molecule has 2 rings (SSSR count). The number of carbonyl (C=O) groups is 1. The van der Waals surface area contributed by atoms with Crippen LogP contribution in [0, 0.1) is 0 Å². The van der Waals surface area contributed by atoms with Crippen LogP contribution in [-0.2, 0) is 0 Å². The molecule has 2 N–H and O–H groups in total. The Morgan fingerprint density at radius 3 is 2.88 bits per heavy atom. The molecule has 0 bridgehead atoms. The fraction of sp³-hybridized carbons (Fsp3) is 0.417. The van der Waals surface area contributed by atoms with Crippen LogP contribution < -0.4 is 10.5 Å². The zero-order valence-electron chi connectivity index (χ0n) is 9.76. The van der Waals surface area contributed by atoms with Gasteiger partial charge in [-0.1, -0.05) is 6.07 Å². The fourth-order valence-electron chi connectivity index (χ4n) is 1.91. The van der Waals surface area contributed by atoms with Crippen LogP contribution in [-0.4, -0.2) is 37.0 Å². The van der Waals surface area contributed by atoms with E-state index in [4.69, 9.17) is 10.5 Å². The number of carbonyl (C=O) groups excluding carboxylic acids is 1. The number of amides is 1. The van der Waals surface area contributed by atoms with E-state index in [1.54, 1.807) is 24.1 Å². The van der Waals surface area contributed by atoms with Crippen molar-refractivity contribution >= 4 is 18.3 Å². The van der Waals surface area contributed by atoms with Crippen LogP contribution in [0.5, 0.6) is 5.75 Å². The molecular formula is C12H17ClN2O2. The predicted molar refractivity (Wildman–Crippen MR) is 68.7 cm³/mol. The minimum Gasteiger partial charge on any atom is -0.497 e. The molecule has 1 atom stereocenters. The van der Waals surface area contributed by atoms with E-state index in [-0.39, 0.29) is 24.4 Å². The molecule has 1 fully saturated rings. The van der Waals surface area contributed by atoms with Crippen LogP contribution in [0.1, 0.15) is 16.8 Å². The van der Waals surface area contributed by atoms with Crippen molar-refractivity contribution in [1.82, 2.24) is 4.90 Å². The van der Waals surface area contributed by atoms with Gasteiger partial charge < -0.3 is 15.4 Å². The molecule has 0 aliphatic carbocycles. The van der Waals surface area contributed by atoms with E-state index in [9.17, 15) is 4.79 Å². The molecule has 0 spiro atoms. The molecule has 1 saturated heterocycles. The highest BCUT2D eigenvalue weighted by Gasteiger charge is 2.24. The molecule has 1 heterocycles. The lowest BCUT2D eigenvalue weighted by Crippen LogP contribution is -2.31. The first-order valence-corrected chi connectivity index (χ1v) is 5.39. The average Bonchev–Trinajstić information content (AvgIpc) is 2.75. The number of nitrogens with zero attached hydrogens (tertiary/aromatic N) is 1. The summed E-state index contributed by atoms with van der Waals surface area (Å²) >= 11 is 0. The lowest BCUT2D eigenvalue weighted by Gasteiger charge is -2.16. The molecule has 4 nitrogen and oxygen atoms in total. The molecule has 1 amide bonds. The number of benzene rings is 1. The largest absolute Gasteiger partial charge is 0.497 e. The Kier molecular flexibility index (Phi) is 4.78. The Morgan fingerprint density at radius 2 is 2.29 bits per heavy atom. The molecule has 94 valence electrons. The monoisotopic (exact) mass is 256 g/mol. The van der Waals surface area contributed by atoms with Gasteiger partial charge >= 0.3 is 0 Å². The first kappa shape index (κ1) is 13.8. The van der Waals surface area contributed by atoms with Crippen molar-refractivity contribution in [2.45, 2.75) is 12.5 Å². The Balaban J connectivity index is 0.00000144. The SMILES string of the molecule is COc1cccc(C(=O)N2CC[C@@H](N)C2)c1.Cl. The normalized spacial score (nSPS) is 18.7. The third kappa shape index (κ3) is 3.11. The minimum atomic E-state index is 0. The summed E-state index contributed by atoms with van der Waals surface area (Å²) in [5, 5.41) is 0. The minimum absolute atomic E-state index is 0. The fourth-order valence-corrected chi connectivity index (χ4v) is 1.91. The maximum Gasteiger partial charge on any atom is 0.254 e. The van der Waals surface area contributed by atoms with E-state index in [1.165, 1.54) is 0 Å². The first-order chi connectivity index (χ1) is 7.70. The van der Waals surface area contributed by atoms with E-state index in [0.717, 1.165) is 13.0 Å². The van der Waals surface area contributed by atoms with Gasteiger partial charge in [0.1, 0.15) is 5.75 Å². The van der Waals surface area contributed by atoms with Crippen molar-refractivity contribution in [2.75, 3.05) is 20.2 Å². The molecular weight excluding hydrogens is 240 g/mol. The number of likely N-dealkylation sites (tertiary alicyclic amines) is 1. The molecule has 5 heteroatoms. The molecule has 17 heavy (non-hydrogen) atoms. The summed E-state index contributed by atoms with van der Waals surface area (Å²) < 4.78 is 5.09. The summed E-state index contributed by atoms with van der Waals surface area (Å²) in [5.74, 6) is 0.737. The van der Waals surface area contributed by atoms with Gasteiger partial charge in [-0.2, -0.15) is 0 Å². The zero-order chi connectivity index (χ0) is 11.5. The van der Waals surface area contributed by atoms with Gasteiger partial charge in [0, 0.05) is 24.7 Å². The molecule has 0 saturated carbocycles. The molecule has 1 aromatic rings. The lowest BCUT2D eigenvalue weighted by molar-refractivity contribution is 0.0790. The summed E-state index contributed by atoms with van der Waals surface area (Å²) in [7, 11) is 1.59. The van der Waals surface area contributed by atoms with E-state index >= 15 is 0 Å². The highest BCUT2D eigenvalue weighted by atomic mass is 35.5. The van der Waals surface area contributed by atoms with Crippen molar-refractivity contribution in [2.24, 2.45) is 5.73 Å². The number of rotatable bonds is 2. The van der Waals surface area contributed by atoms with Gasteiger partial charge in [-0.25, -0.2) is 0 Å².